The third-order valence-electron chi connectivity index (χ3n) is 7.65. The number of nitrogens with one attached hydrogen (secondary N) is 2. The number of rotatable bonds is 11. The van der Waals surface area contributed by atoms with Crippen molar-refractivity contribution in [2.75, 3.05) is 39.8 Å². The highest BCUT2D eigenvalue weighted by molar-refractivity contribution is 7.89. The van der Waals surface area contributed by atoms with Crippen LogP contribution in [0.25, 0.3) is 10.9 Å². The number of likely N-dealkylation sites (tertiary alicyclic amines) is 1. The van der Waals surface area contributed by atoms with Crippen LogP contribution in [0.1, 0.15) is 44.6 Å². The third-order valence-corrected chi connectivity index (χ3v) is 10.2. The van der Waals surface area contributed by atoms with Crippen LogP contribution < -0.4 is 5.32 Å². The first-order valence-corrected chi connectivity index (χ1v) is 16.2. The zero-order chi connectivity index (χ0) is 30.8. The molecule has 3 aromatic rings. The molecule has 1 aliphatic rings. The van der Waals surface area contributed by atoms with Crippen LogP contribution in [0, 0.1) is 5.41 Å². The SMILES string of the molecule is CCCN(CCN(C)S(=O)(=O)c1ccc(Cl)cc1Cl)C1CN(C(=O)[C@@H](NC(=O)c2cc3ccccc3[nH]2)C(C)(C)C)C1. The second-order valence-electron chi connectivity index (χ2n) is 11.9. The lowest BCUT2D eigenvalue weighted by Gasteiger charge is -2.48. The molecule has 228 valence electrons. The second-order valence-corrected chi connectivity index (χ2v) is 14.7. The van der Waals surface area contributed by atoms with Crippen molar-refractivity contribution in [1.29, 1.82) is 0 Å². The first-order valence-electron chi connectivity index (χ1n) is 14.0. The standard InChI is InChI=1S/C30H39Cl2N5O4S/c1-6-13-36(15-14-35(5)42(40,41)26-12-11-21(31)17-23(26)32)22-18-37(19-22)29(39)27(30(2,3)4)34-28(38)25-16-20-9-7-8-10-24(20)33-25/h7-12,16-17,22,27,33H,6,13-15,18-19H2,1-5H3,(H,34,38)/t27-/m1/s1. The molecule has 4 rings (SSSR count). The lowest BCUT2D eigenvalue weighted by molar-refractivity contribution is -0.143. The fraction of sp³-hybridized carbons (Fsp3) is 0.467. The van der Waals surface area contributed by atoms with E-state index in [0.29, 0.717) is 30.4 Å². The molecule has 1 aromatic heterocycles. The first kappa shape index (κ1) is 32.3. The van der Waals surface area contributed by atoms with Crippen LogP contribution in [0.4, 0.5) is 0 Å². The number of fused-ring (bicyclic) bond motifs is 1. The van der Waals surface area contributed by atoms with Gasteiger partial charge in [-0.15, -0.1) is 0 Å². The highest BCUT2D eigenvalue weighted by Gasteiger charge is 2.42. The van der Waals surface area contributed by atoms with Crippen molar-refractivity contribution < 1.29 is 18.0 Å². The van der Waals surface area contributed by atoms with E-state index < -0.39 is 21.5 Å². The molecule has 0 spiro atoms. The van der Waals surface area contributed by atoms with E-state index in [1.165, 1.54) is 29.6 Å². The van der Waals surface area contributed by atoms with Crippen molar-refractivity contribution >= 4 is 55.9 Å². The Morgan fingerprint density at radius 1 is 1.07 bits per heavy atom. The van der Waals surface area contributed by atoms with E-state index >= 15 is 0 Å². The molecule has 0 saturated carbocycles. The molecule has 1 saturated heterocycles. The number of H-pyrrole nitrogens is 1. The van der Waals surface area contributed by atoms with Crippen LogP contribution in [0.2, 0.25) is 10.0 Å². The van der Waals surface area contributed by atoms with Gasteiger partial charge in [-0.2, -0.15) is 4.31 Å². The Morgan fingerprint density at radius 3 is 2.38 bits per heavy atom. The van der Waals surface area contributed by atoms with Crippen LogP contribution >= 0.6 is 23.2 Å². The second kappa shape index (κ2) is 12.9. The van der Waals surface area contributed by atoms with Gasteiger partial charge in [0.05, 0.1) is 5.02 Å². The minimum atomic E-state index is -3.80. The molecular formula is C30H39Cl2N5O4S. The van der Waals surface area contributed by atoms with E-state index in [0.717, 1.165) is 23.9 Å². The van der Waals surface area contributed by atoms with Crippen molar-refractivity contribution in [1.82, 2.24) is 24.4 Å². The van der Waals surface area contributed by atoms with E-state index in [2.05, 4.69) is 22.1 Å². The van der Waals surface area contributed by atoms with Crippen molar-refractivity contribution in [3.63, 3.8) is 0 Å². The Labute approximate surface area is 258 Å². The van der Waals surface area contributed by atoms with E-state index in [-0.39, 0.29) is 34.3 Å². The van der Waals surface area contributed by atoms with Gasteiger partial charge in [0.1, 0.15) is 16.6 Å². The summed E-state index contributed by atoms with van der Waals surface area (Å²) < 4.78 is 27.6. The van der Waals surface area contributed by atoms with Crippen LogP contribution in [-0.2, 0) is 14.8 Å². The van der Waals surface area contributed by atoms with E-state index in [1.54, 1.807) is 11.0 Å². The van der Waals surface area contributed by atoms with E-state index in [1.807, 2.05) is 45.0 Å². The third kappa shape index (κ3) is 7.11. The molecule has 1 fully saturated rings. The summed E-state index contributed by atoms with van der Waals surface area (Å²) in [5, 5.41) is 4.34. The summed E-state index contributed by atoms with van der Waals surface area (Å²) >= 11 is 12.1. The summed E-state index contributed by atoms with van der Waals surface area (Å²) in [5.74, 6) is -0.453. The van der Waals surface area contributed by atoms with Gasteiger partial charge in [0.25, 0.3) is 5.91 Å². The van der Waals surface area contributed by atoms with Crippen molar-refractivity contribution in [2.24, 2.45) is 5.41 Å². The summed E-state index contributed by atoms with van der Waals surface area (Å²) in [7, 11) is -2.27. The maximum Gasteiger partial charge on any atom is 0.268 e. The minimum absolute atomic E-state index is 0.0150. The summed E-state index contributed by atoms with van der Waals surface area (Å²) in [4.78, 5) is 33.9. The highest BCUT2D eigenvalue weighted by atomic mass is 35.5. The largest absolute Gasteiger partial charge is 0.351 e. The molecule has 2 N–H and O–H groups in total. The number of nitrogens with zero attached hydrogens (tertiary/aromatic N) is 3. The fourth-order valence-corrected chi connectivity index (χ4v) is 7.01. The number of amides is 2. The molecule has 0 bridgehead atoms. The maximum atomic E-state index is 13.6. The fourth-order valence-electron chi connectivity index (χ4n) is 5.11. The molecule has 42 heavy (non-hydrogen) atoms. The first-order chi connectivity index (χ1) is 19.7. The number of aromatic amines is 1. The van der Waals surface area contributed by atoms with Gasteiger partial charge in [0.15, 0.2) is 0 Å². The molecule has 0 radical (unpaired) electrons. The predicted molar refractivity (Wildman–Crippen MR) is 168 cm³/mol. The van der Waals surface area contributed by atoms with Gasteiger partial charge in [-0.25, -0.2) is 8.42 Å². The van der Waals surface area contributed by atoms with Crippen molar-refractivity contribution in [2.45, 2.75) is 51.1 Å². The van der Waals surface area contributed by atoms with E-state index in [9.17, 15) is 18.0 Å². The summed E-state index contributed by atoms with van der Waals surface area (Å²) in [6, 6.07) is 13.1. The number of para-hydroxylation sites is 1. The number of benzene rings is 2. The molecule has 2 aromatic carbocycles. The number of carbonyl (C=O) groups is 2. The Kier molecular flexibility index (Phi) is 9.94. The zero-order valence-corrected chi connectivity index (χ0v) is 27.0. The molecule has 2 amide bonds. The monoisotopic (exact) mass is 635 g/mol. The Bertz CT molecular complexity index is 1510. The predicted octanol–water partition coefficient (Wildman–Crippen LogP) is 4.86. The normalized spacial score (nSPS) is 15.3. The van der Waals surface area contributed by atoms with Crippen LogP contribution in [0.3, 0.4) is 0 Å². The van der Waals surface area contributed by atoms with Crippen LogP contribution in [-0.4, -0.2) is 91.2 Å². The summed E-state index contributed by atoms with van der Waals surface area (Å²) in [6.07, 6.45) is 0.884. The Balaban J connectivity index is 1.37. The van der Waals surface area contributed by atoms with Crippen molar-refractivity contribution in [3.8, 4) is 0 Å². The molecular weight excluding hydrogens is 597 g/mol. The Morgan fingerprint density at radius 2 is 1.76 bits per heavy atom. The van der Waals surface area contributed by atoms with Gasteiger partial charge >= 0.3 is 0 Å². The van der Waals surface area contributed by atoms with Gasteiger partial charge in [-0.3, -0.25) is 14.5 Å². The molecule has 0 aliphatic carbocycles. The van der Waals surface area contributed by atoms with Gasteiger partial charge < -0.3 is 15.2 Å². The van der Waals surface area contributed by atoms with Crippen LogP contribution in [0.15, 0.2) is 53.4 Å². The molecule has 0 unspecified atom stereocenters. The molecule has 9 nitrogen and oxygen atoms in total. The summed E-state index contributed by atoms with van der Waals surface area (Å²) in [6.45, 7) is 10.4. The van der Waals surface area contributed by atoms with E-state index in [4.69, 9.17) is 23.2 Å². The Hall–Kier alpha value is -2.63. The quantitative estimate of drug-likeness (QED) is 0.313. The minimum Gasteiger partial charge on any atom is -0.351 e. The van der Waals surface area contributed by atoms with Crippen molar-refractivity contribution in [3.05, 3.63) is 64.3 Å². The summed E-state index contributed by atoms with van der Waals surface area (Å²) in [5.41, 5.74) is 0.762. The van der Waals surface area contributed by atoms with Gasteiger partial charge in [0, 0.05) is 55.2 Å². The van der Waals surface area contributed by atoms with Gasteiger partial charge in [-0.1, -0.05) is 69.1 Å². The molecule has 12 heteroatoms. The number of hydrogen-bond donors (Lipinski definition) is 2. The smallest absolute Gasteiger partial charge is 0.268 e. The lowest BCUT2D eigenvalue weighted by Crippen LogP contribution is -2.66. The van der Waals surface area contributed by atoms with Crippen LogP contribution in [0.5, 0.6) is 0 Å². The van der Waals surface area contributed by atoms with Gasteiger partial charge in [0.2, 0.25) is 15.9 Å². The average Bonchev–Trinajstić information content (AvgIpc) is 3.32. The number of carbonyl (C=O) groups excluding carboxylic acids is 2. The average molecular weight is 637 g/mol. The van der Waals surface area contributed by atoms with Gasteiger partial charge in [-0.05, 0) is 48.7 Å². The number of halogens is 2. The zero-order valence-electron chi connectivity index (χ0n) is 24.7. The molecule has 2 heterocycles. The number of aromatic nitrogens is 1. The lowest BCUT2D eigenvalue weighted by atomic mass is 9.84. The highest BCUT2D eigenvalue weighted by Crippen LogP contribution is 2.28. The number of likely N-dealkylation sites (N-methyl/N-ethyl adjacent to an activating group) is 1. The molecule has 1 aliphatic heterocycles. The maximum absolute atomic E-state index is 13.6. The topological polar surface area (TPSA) is 106 Å². The molecule has 1 atom stereocenters. The number of hydrogen-bond acceptors (Lipinski definition) is 5. The number of sulfonamides is 1.